The lowest BCUT2D eigenvalue weighted by atomic mass is 9.93. The van der Waals surface area contributed by atoms with E-state index in [1.165, 1.54) is 0 Å². The van der Waals surface area contributed by atoms with Crippen molar-refractivity contribution in [1.82, 2.24) is 19.8 Å². The molecule has 1 amide bonds. The monoisotopic (exact) mass is 438 g/mol. The quantitative estimate of drug-likeness (QED) is 0.535. The van der Waals surface area contributed by atoms with Crippen molar-refractivity contribution in [1.29, 1.82) is 0 Å². The van der Waals surface area contributed by atoms with Gasteiger partial charge in [-0.2, -0.15) is 0 Å². The van der Waals surface area contributed by atoms with Gasteiger partial charge in [0.05, 0.1) is 18.9 Å². The lowest BCUT2D eigenvalue weighted by molar-refractivity contribution is -0.124. The molecule has 2 aliphatic rings. The first-order chi connectivity index (χ1) is 15.6. The van der Waals surface area contributed by atoms with Crippen LogP contribution in [0.3, 0.4) is 0 Å². The summed E-state index contributed by atoms with van der Waals surface area (Å²) in [4.78, 5) is 23.8. The number of nitrogens with zero attached hydrogens (tertiary/aromatic N) is 4. The van der Waals surface area contributed by atoms with Crippen molar-refractivity contribution in [2.24, 2.45) is 10.9 Å². The van der Waals surface area contributed by atoms with Gasteiger partial charge in [0.25, 0.3) is 5.91 Å². The van der Waals surface area contributed by atoms with Crippen LogP contribution in [0.4, 0.5) is 5.69 Å². The van der Waals surface area contributed by atoms with Crippen LogP contribution >= 0.6 is 0 Å². The molecule has 1 aromatic heterocycles. The molecule has 2 N–H and O–H groups in total. The van der Waals surface area contributed by atoms with Crippen molar-refractivity contribution in [2.45, 2.75) is 51.8 Å². The fourth-order valence-electron chi connectivity index (χ4n) is 4.44. The van der Waals surface area contributed by atoms with E-state index in [1.807, 2.05) is 43.0 Å². The summed E-state index contributed by atoms with van der Waals surface area (Å²) in [6, 6.07) is 8.29. The van der Waals surface area contributed by atoms with Crippen molar-refractivity contribution in [3.8, 4) is 0 Å². The molecule has 2 aliphatic heterocycles. The Kier molecular flexibility index (Phi) is 7.42. The van der Waals surface area contributed by atoms with Gasteiger partial charge < -0.3 is 24.8 Å². The maximum atomic E-state index is 12.4. The molecule has 3 heterocycles. The Morgan fingerprint density at radius 2 is 2.25 bits per heavy atom. The third kappa shape index (κ3) is 5.48. The second-order valence-corrected chi connectivity index (χ2v) is 8.65. The zero-order chi connectivity index (χ0) is 22.3. The first-order valence-corrected chi connectivity index (χ1v) is 11.7. The summed E-state index contributed by atoms with van der Waals surface area (Å²) in [6.07, 6.45) is 8.30. The largest absolute Gasteiger partial charge is 0.368 e. The number of piperidine rings is 1. The van der Waals surface area contributed by atoms with E-state index < -0.39 is 0 Å². The van der Waals surface area contributed by atoms with Crippen LogP contribution in [-0.2, 0) is 16.1 Å². The van der Waals surface area contributed by atoms with Crippen molar-refractivity contribution in [3.05, 3.63) is 48.5 Å². The predicted molar refractivity (Wildman–Crippen MR) is 125 cm³/mol. The van der Waals surface area contributed by atoms with Gasteiger partial charge in [0, 0.05) is 44.3 Å². The second-order valence-electron chi connectivity index (χ2n) is 8.65. The SMILES string of the molecule is CCNC(=NCc1cccc(NC(=O)C2CCCO2)c1)N1CCC(C)C(n2ccnc2)C1. The molecule has 3 unspecified atom stereocenters. The zero-order valence-corrected chi connectivity index (χ0v) is 19.0. The van der Waals surface area contributed by atoms with Crippen molar-refractivity contribution >= 4 is 17.6 Å². The Balaban J connectivity index is 1.42. The van der Waals surface area contributed by atoms with E-state index in [0.717, 1.165) is 56.1 Å². The van der Waals surface area contributed by atoms with E-state index in [0.29, 0.717) is 25.1 Å². The number of imidazole rings is 1. The fourth-order valence-corrected chi connectivity index (χ4v) is 4.44. The normalized spacial score (nSPS) is 23.9. The molecule has 4 rings (SSSR count). The number of aliphatic imine (C=N–C) groups is 1. The van der Waals surface area contributed by atoms with E-state index >= 15 is 0 Å². The van der Waals surface area contributed by atoms with Gasteiger partial charge in [-0.25, -0.2) is 9.98 Å². The lowest BCUT2D eigenvalue weighted by Crippen LogP contribution is -2.49. The Hall–Kier alpha value is -2.87. The molecule has 8 heteroatoms. The first-order valence-electron chi connectivity index (χ1n) is 11.7. The molecule has 0 aliphatic carbocycles. The summed E-state index contributed by atoms with van der Waals surface area (Å²) in [5.41, 5.74) is 1.84. The number of rotatable bonds is 6. The van der Waals surface area contributed by atoms with E-state index in [4.69, 9.17) is 9.73 Å². The van der Waals surface area contributed by atoms with Gasteiger partial charge in [-0.05, 0) is 49.8 Å². The van der Waals surface area contributed by atoms with Crippen LogP contribution < -0.4 is 10.6 Å². The third-order valence-corrected chi connectivity index (χ3v) is 6.29. The van der Waals surface area contributed by atoms with Gasteiger partial charge in [0.15, 0.2) is 5.96 Å². The van der Waals surface area contributed by atoms with E-state index in [-0.39, 0.29) is 12.0 Å². The van der Waals surface area contributed by atoms with Crippen molar-refractivity contribution < 1.29 is 9.53 Å². The molecule has 0 spiro atoms. The summed E-state index contributed by atoms with van der Waals surface area (Å²) >= 11 is 0. The van der Waals surface area contributed by atoms with Gasteiger partial charge in [-0.1, -0.05) is 19.1 Å². The van der Waals surface area contributed by atoms with Crippen LogP contribution in [0.1, 0.15) is 44.7 Å². The van der Waals surface area contributed by atoms with Crippen LogP contribution in [-0.4, -0.2) is 58.7 Å². The average Bonchev–Trinajstić information content (AvgIpc) is 3.52. The van der Waals surface area contributed by atoms with Gasteiger partial charge >= 0.3 is 0 Å². The molecular formula is C24H34N6O2. The summed E-state index contributed by atoms with van der Waals surface area (Å²) in [5.74, 6) is 1.45. The van der Waals surface area contributed by atoms with Crippen LogP contribution in [0, 0.1) is 5.92 Å². The molecule has 2 aromatic rings. The maximum absolute atomic E-state index is 12.4. The van der Waals surface area contributed by atoms with Gasteiger partial charge in [0.1, 0.15) is 6.10 Å². The smallest absolute Gasteiger partial charge is 0.253 e. The molecule has 0 saturated carbocycles. The van der Waals surface area contributed by atoms with Gasteiger partial charge in [-0.3, -0.25) is 4.79 Å². The van der Waals surface area contributed by atoms with E-state index in [1.54, 1.807) is 0 Å². The highest BCUT2D eigenvalue weighted by atomic mass is 16.5. The number of likely N-dealkylation sites (tertiary alicyclic amines) is 1. The van der Waals surface area contributed by atoms with Crippen molar-refractivity contribution in [3.63, 3.8) is 0 Å². The van der Waals surface area contributed by atoms with Gasteiger partial charge in [0.2, 0.25) is 0 Å². The summed E-state index contributed by atoms with van der Waals surface area (Å²) in [7, 11) is 0. The van der Waals surface area contributed by atoms with Crippen LogP contribution in [0.25, 0.3) is 0 Å². The molecule has 0 radical (unpaired) electrons. The highest BCUT2D eigenvalue weighted by Crippen LogP contribution is 2.27. The molecule has 0 bridgehead atoms. The maximum Gasteiger partial charge on any atom is 0.253 e. The number of ether oxygens (including phenoxy) is 1. The minimum Gasteiger partial charge on any atom is -0.368 e. The topological polar surface area (TPSA) is 83.8 Å². The number of benzene rings is 1. The summed E-state index contributed by atoms with van der Waals surface area (Å²) in [5, 5.41) is 6.43. The Labute approximate surface area is 190 Å². The Morgan fingerprint density at radius 1 is 1.34 bits per heavy atom. The molecule has 8 nitrogen and oxygen atoms in total. The molecule has 2 fully saturated rings. The fraction of sp³-hybridized carbons (Fsp3) is 0.542. The second kappa shape index (κ2) is 10.6. The van der Waals surface area contributed by atoms with E-state index in [9.17, 15) is 4.79 Å². The molecule has 3 atom stereocenters. The molecule has 172 valence electrons. The highest BCUT2D eigenvalue weighted by molar-refractivity contribution is 5.94. The summed E-state index contributed by atoms with van der Waals surface area (Å²) < 4.78 is 7.69. The minimum atomic E-state index is -0.332. The average molecular weight is 439 g/mol. The zero-order valence-electron chi connectivity index (χ0n) is 19.0. The third-order valence-electron chi connectivity index (χ3n) is 6.29. The number of amides is 1. The van der Waals surface area contributed by atoms with Gasteiger partial charge in [-0.15, -0.1) is 0 Å². The standard InChI is InChI=1S/C24H34N6O2/c1-3-26-24(29-11-9-18(2)21(16-29)30-12-10-25-17-30)27-15-19-6-4-7-20(14-19)28-23(31)22-8-5-13-32-22/h4,6-7,10,12,14,17-18,21-22H,3,5,8-9,11,13,15-16H2,1-2H3,(H,26,27)(H,28,31). The minimum absolute atomic E-state index is 0.0653. The number of hydrogen-bond donors (Lipinski definition) is 2. The Bertz CT molecular complexity index is 907. The van der Waals surface area contributed by atoms with Crippen molar-refractivity contribution in [2.75, 3.05) is 31.6 Å². The number of guanidine groups is 1. The molecule has 2 saturated heterocycles. The molecule has 32 heavy (non-hydrogen) atoms. The number of carbonyl (C=O) groups is 1. The molecule has 1 aromatic carbocycles. The Morgan fingerprint density at radius 3 is 3.00 bits per heavy atom. The summed E-state index contributed by atoms with van der Waals surface area (Å²) in [6.45, 7) is 8.32. The number of nitrogens with one attached hydrogen (secondary N) is 2. The number of anilines is 1. The number of aromatic nitrogens is 2. The number of carbonyl (C=O) groups excluding carboxylic acids is 1. The highest BCUT2D eigenvalue weighted by Gasteiger charge is 2.29. The molecular weight excluding hydrogens is 404 g/mol. The predicted octanol–water partition coefficient (Wildman–Crippen LogP) is 3.05. The van der Waals surface area contributed by atoms with Crippen LogP contribution in [0.2, 0.25) is 0 Å². The lowest BCUT2D eigenvalue weighted by Gasteiger charge is -2.39. The van der Waals surface area contributed by atoms with E-state index in [2.05, 4.69) is 38.9 Å². The van der Waals surface area contributed by atoms with Crippen LogP contribution in [0.5, 0.6) is 0 Å². The van der Waals surface area contributed by atoms with Crippen LogP contribution in [0.15, 0.2) is 48.0 Å². The number of hydrogen-bond acceptors (Lipinski definition) is 4. The first kappa shape index (κ1) is 22.3.